The van der Waals surface area contributed by atoms with Gasteiger partial charge in [0.15, 0.2) is 0 Å². The molecule has 0 atom stereocenters. The number of hydroxylamine groups is 1. The third kappa shape index (κ3) is 3.67. The Labute approximate surface area is 165 Å². The second-order valence-corrected chi connectivity index (χ2v) is 7.35. The molecule has 1 aromatic carbocycles. The molecule has 1 aliphatic heterocycles. The van der Waals surface area contributed by atoms with Gasteiger partial charge in [-0.2, -0.15) is 0 Å². The maximum Gasteiger partial charge on any atom is 0.257 e. The number of benzene rings is 1. The smallest absolute Gasteiger partial charge is 0.257 e. The van der Waals surface area contributed by atoms with E-state index < -0.39 is 0 Å². The van der Waals surface area contributed by atoms with Crippen molar-refractivity contribution in [2.24, 2.45) is 0 Å². The average Bonchev–Trinajstić information content (AvgIpc) is 2.99. The zero-order valence-electron chi connectivity index (χ0n) is 16.7. The normalized spacial score (nSPS) is 16.7. The van der Waals surface area contributed by atoms with Gasteiger partial charge in [0.05, 0.1) is 25.8 Å². The molecule has 1 aromatic heterocycles. The van der Waals surface area contributed by atoms with Gasteiger partial charge in [-0.15, -0.1) is 0 Å². The Hall–Kier alpha value is -2.67. The van der Waals surface area contributed by atoms with Crippen LogP contribution in [0.25, 0.3) is 0 Å². The van der Waals surface area contributed by atoms with E-state index in [1.165, 1.54) is 11.1 Å². The topological polar surface area (TPSA) is 67.8 Å². The van der Waals surface area contributed by atoms with Gasteiger partial charge < -0.3 is 9.64 Å². The van der Waals surface area contributed by atoms with Crippen molar-refractivity contribution >= 4 is 11.9 Å². The van der Waals surface area contributed by atoms with E-state index in [1.807, 2.05) is 36.9 Å². The van der Waals surface area contributed by atoms with Crippen LogP contribution in [0.5, 0.6) is 5.75 Å². The molecule has 0 unspecified atom stereocenters. The summed E-state index contributed by atoms with van der Waals surface area (Å²) in [6.07, 6.45) is 3.22. The van der Waals surface area contributed by atoms with Crippen LogP contribution in [-0.4, -0.2) is 54.1 Å². The van der Waals surface area contributed by atoms with Crippen molar-refractivity contribution in [2.45, 2.75) is 33.1 Å². The zero-order chi connectivity index (χ0) is 19.7. The van der Waals surface area contributed by atoms with Crippen LogP contribution in [0.4, 0.5) is 5.95 Å². The minimum atomic E-state index is -0.0154. The summed E-state index contributed by atoms with van der Waals surface area (Å²) in [7, 11) is 1.62. The summed E-state index contributed by atoms with van der Waals surface area (Å²) in [6.45, 7) is 5.84. The Kier molecular flexibility index (Phi) is 5.17. The molecular weight excluding hydrogens is 356 g/mol. The van der Waals surface area contributed by atoms with E-state index in [1.54, 1.807) is 12.2 Å². The lowest BCUT2D eigenvalue weighted by Gasteiger charge is -2.22. The standard InChI is InChI=1S/C21H26N4O3/c1-14-11-15(2)23-21(22-14)25-8-7-24(9-10-28-25)20(26)18-12-16-5-4-6-17(16)13-19(18)27-3/h11-13H,4-10H2,1-3H3. The molecule has 7 heteroatoms. The first-order valence-electron chi connectivity index (χ1n) is 9.77. The van der Waals surface area contributed by atoms with Crippen LogP contribution >= 0.6 is 0 Å². The zero-order valence-corrected chi connectivity index (χ0v) is 16.7. The molecule has 2 heterocycles. The minimum Gasteiger partial charge on any atom is -0.496 e. The van der Waals surface area contributed by atoms with E-state index in [9.17, 15) is 4.79 Å². The summed E-state index contributed by atoms with van der Waals surface area (Å²) >= 11 is 0. The lowest BCUT2D eigenvalue weighted by atomic mass is 10.0. The van der Waals surface area contributed by atoms with Crippen LogP contribution in [0, 0.1) is 13.8 Å². The van der Waals surface area contributed by atoms with Crippen molar-refractivity contribution in [2.75, 3.05) is 38.4 Å². The van der Waals surface area contributed by atoms with Gasteiger partial charge in [-0.25, -0.2) is 15.0 Å². The van der Waals surface area contributed by atoms with Gasteiger partial charge in [-0.3, -0.25) is 9.63 Å². The van der Waals surface area contributed by atoms with E-state index in [2.05, 4.69) is 9.97 Å². The SMILES string of the molecule is COc1cc2c(cc1C(=O)N1CCON(c3nc(C)cc(C)n3)CC1)CCC2. The first-order chi connectivity index (χ1) is 13.5. The molecule has 1 amide bonds. The maximum absolute atomic E-state index is 13.2. The van der Waals surface area contributed by atoms with Crippen molar-refractivity contribution < 1.29 is 14.4 Å². The number of hydrogen-bond acceptors (Lipinski definition) is 6. The van der Waals surface area contributed by atoms with Crippen molar-refractivity contribution in [1.29, 1.82) is 0 Å². The van der Waals surface area contributed by atoms with E-state index in [-0.39, 0.29) is 5.91 Å². The quantitative estimate of drug-likeness (QED) is 0.812. The molecule has 0 bridgehead atoms. The first-order valence-corrected chi connectivity index (χ1v) is 9.77. The molecule has 4 rings (SSSR count). The predicted molar refractivity (Wildman–Crippen MR) is 106 cm³/mol. The fourth-order valence-electron chi connectivity index (χ4n) is 3.94. The number of carbonyl (C=O) groups is 1. The van der Waals surface area contributed by atoms with Crippen molar-refractivity contribution in [3.05, 3.63) is 46.3 Å². The summed E-state index contributed by atoms with van der Waals surface area (Å²) in [5.41, 5.74) is 4.99. The van der Waals surface area contributed by atoms with Crippen LogP contribution in [0.2, 0.25) is 0 Å². The van der Waals surface area contributed by atoms with Gasteiger partial charge in [-0.05, 0) is 62.4 Å². The Bertz CT molecular complexity index is 879. The molecule has 1 fully saturated rings. The third-order valence-corrected chi connectivity index (χ3v) is 5.31. The third-order valence-electron chi connectivity index (χ3n) is 5.31. The number of ether oxygens (including phenoxy) is 1. The van der Waals surface area contributed by atoms with Crippen LogP contribution in [0.3, 0.4) is 0 Å². The molecule has 0 N–H and O–H groups in total. The van der Waals surface area contributed by atoms with Crippen LogP contribution in [0.1, 0.15) is 39.3 Å². The molecule has 0 radical (unpaired) electrons. The highest BCUT2D eigenvalue weighted by Gasteiger charge is 2.26. The second-order valence-electron chi connectivity index (χ2n) is 7.35. The molecular formula is C21H26N4O3. The van der Waals surface area contributed by atoms with Crippen molar-refractivity contribution in [3.8, 4) is 5.75 Å². The number of aryl methyl sites for hydroxylation is 4. The summed E-state index contributed by atoms with van der Waals surface area (Å²) < 4.78 is 5.52. The summed E-state index contributed by atoms with van der Waals surface area (Å²) in [5.74, 6) is 1.19. The predicted octanol–water partition coefficient (Wildman–Crippen LogP) is 2.48. The second kappa shape index (κ2) is 7.75. The van der Waals surface area contributed by atoms with E-state index >= 15 is 0 Å². The van der Waals surface area contributed by atoms with Crippen LogP contribution in [0.15, 0.2) is 18.2 Å². The van der Waals surface area contributed by atoms with Crippen LogP contribution in [-0.2, 0) is 17.7 Å². The molecule has 1 saturated heterocycles. The highest BCUT2D eigenvalue weighted by atomic mass is 16.7. The number of carbonyl (C=O) groups excluding carboxylic acids is 1. The monoisotopic (exact) mass is 382 g/mol. The van der Waals surface area contributed by atoms with Gasteiger partial charge in [0.1, 0.15) is 5.75 Å². The van der Waals surface area contributed by atoms with E-state index in [0.29, 0.717) is 43.5 Å². The van der Waals surface area contributed by atoms with Gasteiger partial charge in [0.2, 0.25) is 5.95 Å². The number of fused-ring (bicyclic) bond motifs is 1. The lowest BCUT2D eigenvalue weighted by molar-refractivity contribution is 0.0726. The highest BCUT2D eigenvalue weighted by Crippen LogP contribution is 2.30. The van der Waals surface area contributed by atoms with Gasteiger partial charge in [-0.1, -0.05) is 0 Å². The van der Waals surface area contributed by atoms with Crippen molar-refractivity contribution in [3.63, 3.8) is 0 Å². The fourth-order valence-corrected chi connectivity index (χ4v) is 3.94. The minimum absolute atomic E-state index is 0.0154. The Morgan fingerprint density at radius 1 is 1.04 bits per heavy atom. The number of hydrogen-bond donors (Lipinski definition) is 0. The van der Waals surface area contributed by atoms with Crippen LogP contribution < -0.4 is 9.80 Å². The summed E-state index contributed by atoms with van der Waals surface area (Å²) in [4.78, 5) is 29.8. The Morgan fingerprint density at radius 3 is 2.46 bits per heavy atom. The highest BCUT2D eigenvalue weighted by molar-refractivity contribution is 5.97. The average molecular weight is 382 g/mol. The largest absolute Gasteiger partial charge is 0.496 e. The molecule has 28 heavy (non-hydrogen) atoms. The molecule has 2 aromatic rings. The van der Waals surface area contributed by atoms with E-state index in [4.69, 9.17) is 9.57 Å². The Morgan fingerprint density at radius 2 is 1.75 bits per heavy atom. The van der Waals surface area contributed by atoms with E-state index in [0.717, 1.165) is 30.7 Å². The number of nitrogens with zero attached hydrogens (tertiary/aromatic N) is 4. The van der Waals surface area contributed by atoms with Gasteiger partial charge in [0, 0.05) is 24.5 Å². The number of anilines is 1. The molecule has 7 nitrogen and oxygen atoms in total. The molecule has 0 spiro atoms. The number of methoxy groups -OCH3 is 1. The molecule has 1 aliphatic carbocycles. The first kappa shape index (κ1) is 18.7. The molecule has 148 valence electrons. The molecule has 2 aliphatic rings. The lowest BCUT2D eigenvalue weighted by Crippen LogP contribution is -2.36. The molecule has 0 saturated carbocycles. The fraction of sp³-hybridized carbons (Fsp3) is 0.476. The number of rotatable bonds is 3. The number of amides is 1. The Balaban J connectivity index is 1.52. The summed E-state index contributed by atoms with van der Waals surface area (Å²) in [6, 6.07) is 5.97. The summed E-state index contributed by atoms with van der Waals surface area (Å²) in [5, 5.41) is 1.69. The van der Waals surface area contributed by atoms with Gasteiger partial charge >= 0.3 is 0 Å². The van der Waals surface area contributed by atoms with Gasteiger partial charge in [0.25, 0.3) is 5.91 Å². The van der Waals surface area contributed by atoms with Crippen molar-refractivity contribution in [1.82, 2.24) is 14.9 Å². The number of aromatic nitrogens is 2. The maximum atomic E-state index is 13.2.